The van der Waals surface area contributed by atoms with E-state index in [0.29, 0.717) is 24.1 Å². The second-order valence-electron chi connectivity index (χ2n) is 6.28. The first-order valence-electron chi connectivity index (χ1n) is 8.16. The molecule has 0 aliphatic heterocycles. The van der Waals surface area contributed by atoms with Gasteiger partial charge in [-0.3, -0.25) is 4.79 Å². The van der Waals surface area contributed by atoms with Crippen LogP contribution < -0.4 is 0 Å². The van der Waals surface area contributed by atoms with E-state index in [2.05, 4.69) is 17.1 Å². The average Bonchev–Trinajstić information content (AvgIpc) is 3.06. The fourth-order valence-corrected chi connectivity index (χ4v) is 3.28. The Morgan fingerprint density at radius 1 is 1.18 bits per heavy atom. The van der Waals surface area contributed by atoms with Crippen molar-refractivity contribution in [2.45, 2.75) is 45.4 Å². The lowest BCUT2D eigenvalue weighted by Crippen LogP contribution is -2.18. The summed E-state index contributed by atoms with van der Waals surface area (Å²) in [6.07, 6.45) is 6.91. The topological polar surface area (TPSA) is 56.0 Å². The number of benzene rings is 1. The van der Waals surface area contributed by atoms with Crippen molar-refractivity contribution in [1.82, 2.24) is 10.2 Å². The molecule has 0 spiro atoms. The Kier molecular flexibility index (Phi) is 4.66. The Labute approximate surface area is 130 Å². The Balaban J connectivity index is 1.64. The summed E-state index contributed by atoms with van der Waals surface area (Å²) < 4.78 is 5.55. The zero-order chi connectivity index (χ0) is 15.4. The summed E-state index contributed by atoms with van der Waals surface area (Å²) in [4.78, 5) is 12.3. The molecule has 0 unspecified atom stereocenters. The van der Waals surface area contributed by atoms with Gasteiger partial charge in [0.05, 0.1) is 0 Å². The highest BCUT2D eigenvalue weighted by atomic mass is 16.4. The van der Waals surface area contributed by atoms with Gasteiger partial charge in [-0.1, -0.05) is 57.2 Å². The summed E-state index contributed by atoms with van der Waals surface area (Å²) in [5, 5.41) is 7.91. The first-order valence-corrected chi connectivity index (χ1v) is 8.16. The minimum absolute atomic E-state index is 0.0345. The maximum atomic E-state index is 12.3. The molecule has 22 heavy (non-hydrogen) atoms. The summed E-state index contributed by atoms with van der Waals surface area (Å²) in [6, 6.07) is 9.54. The van der Waals surface area contributed by atoms with Gasteiger partial charge in [-0.05, 0) is 24.0 Å². The monoisotopic (exact) mass is 298 g/mol. The highest BCUT2D eigenvalue weighted by Crippen LogP contribution is 2.32. The smallest absolute Gasteiger partial charge is 0.284 e. The van der Waals surface area contributed by atoms with Gasteiger partial charge in [0.2, 0.25) is 11.7 Å². The van der Waals surface area contributed by atoms with E-state index < -0.39 is 0 Å². The lowest BCUT2D eigenvalue weighted by molar-refractivity contribution is 0.0906. The van der Waals surface area contributed by atoms with Gasteiger partial charge in [0.15, 0.2) is 0 Å². The molecule has 0 bridgehead atoms. The van der Waals surface area contributed by atoms with E-state index in [-0.39, 0.29) is 11.7 Å². The van der Waals surface area contributed by atoms with Crippen molar-refractivity contribution in [1.29, 1.82) is 0 Å². The van der Waals surface area contributed by atoms with Gasteiger partial charge >= 0.3 is 0 Å². The van der Waals surface area contributed by atoms with E-state index in [1.165, 1.54) is 32.1 Å². The highest BCUT2D eigenvalue weighted by Gasteiger charge is 2.25. The second-order valence-corrected chi connectivity index (χ2v) is 6.28. The summed E-state index contributed by atoms with van der Waals surface area (Å²) in [5.74, 6) is 1.57. The molecule has 2 aromatic rings. The third-order valence-corrected chi connectivity index (χ3v) is 4.65. The van der Waals surface area contributed by atoms with Crippen molar-refractivity contribution in [2.75, 3.05) is 0 Å². The van der Waals surface area contributed by atoms with Crippen LogP contribution >= 0.6 is 0 Å². The Morgan fingerprint density at radius 3 is 2.64 bits per heavy atom. The molecule has 0 saturated heterocycles. The maximum absolute atomic E-state index is 12.3. The predicted octanol–water partition coefficient (Wildman–Crippen LogP) is 4.53. The van der Waals surface area contributed by atoms with E-state index >= 15 is 0 Å². The van der Waals surface area contributed by atoms with Crippen molar-refractivity contribution in [2.24, 2.45) is 11.8 Å². The van der Waals surface area contributed by atoms with Crippen LogP contribution in [0.15, 0.2) is 34.7 Å². The minimum atomic E-state index is -0.0345. The number of ketones is 1. The molecule has 1 heterocycles. The van der Waals surface area contributed by atoms with Crippen LogP contribution in [0.3, 0.4) is 0 Å². The Hall–Kier alpha value is -1.97. The molecule has 116 valence electrons. The quantitative estimate of drug-likeness (QED) is 0.761. The van der Waals surface area contributed by atoms with Crippen LogP contribution in [-0.2, 0) is 0 Å². The molecule has 1 aromatic carbocycles. The average molecular weight is 298 g/mol. The molecule has 1 saturated carbocycles. The van der Waals surface area contributed by atoms with E-state index in [4.69, 9.17) is 4.42 Å². The van der Waals surface area contributed by atoms with Crippen molar-refractivity contribution >= 4 is 5.78 Å². The molecule has 1 fully saturated rings. The first-order chi connectivity index (χ1) is 10.7. The molecule has 4 heteroatoms. The maximum Gasteiger partial charge on any atom is 0.284 e. The molecular formula is C18H22N2O2. The number of Topliss-reactive ketones (excluding diaryl/α,β-unsaturated/α-hetero) is 1. The minimum Gasteiger partial charge on any atom is -0.414 e. The number of hydrogen-bond donors (Lipinski definition) is 0. The third kappa shape index (κ3) is 3.43. The molecular weight excluding hydrogens is 276 g/mol. The summed E-state index contributed by atoms with van der Waals surface area (Å²) in [5.41, 5.74) is 0.842. The molecule has 0 radical (unpaired) electrons. The number of carbonyl (C=O) groups is 1. The number of hydrogen-bond acceptors (Lipinski definition) is 4. The number of aromatic nitrogens is 2. The van der Waals surface area contributed by atoms with Crippen LogP contribution in [0, 0.1) is 11.8 Å². The highest BCUT2D eigenvalue weighted by molar-refractivity contribution is 5.91. The first kappa shape index (κ1) is 14.9. The van der Waals surface area contributed by atoms with Gasteiger partial charge < -0.3 is 4.42 Å². The van der Waals surface area contributed by atoms with Gasteiger partial charge in [-0.15, -0.1) is 10.2 Å². The lowest BCUT2D eigenvalue weighted by atomic mass is 9.79. The van der Waals surface area contributed by atoms with Gasteiger partial charge in [0, 0.05) is 12.0 Å². The van der Waals surface area contributed by atoms with Crippen LogP contribution in [-0.4, -0.2) is 16.0 Å². The molecule has 0 amide bonds. The van der Waals surface area contributed by atoms with Gasteiger partial charge in [-0.25, -0.2) is 0 Å². The van der Waals surface area contributed by atoms with Gasteiger partial charge in [0.25, 0.3) is 5.89 Å². The van der Waals surface area contributed by atoms with Crippen molar-refractivity contribution in [3.8, 4) is 11.5 Å². The zero-order valence-corrected chi connectivity index (χ0v) is 13.0. The fraction of sp³-hybridized carbons (Fsp3) is 0.500. The SMILES string of the molecule is C[C@@H](CC(=O)c1nnc(-c2ccccc2)o1)C1CCCCC1. The normalized spacial score (nSPS) is 17.3. The summed E-state index contributed by atoms with van der Waals surface area (Å²) in [7, 11) is 0. The molecule has 1 atom stereocenters. The lowest BCUT2D eigenvalue weighted by Gasteiger charge is -2.26. The summed E-state index contributed by atoms with van der Waals surface area (Å²) >= 11 is 0. The van der Waals surface area contributed by atoms with Crippen molar-refractivity contribution in [3.63, 3.8) is 0 Å². The van der Waals surface area contributed by atoms with Gasteiger partial charge in [0.1, 0.15) is 0 Å². The van der Waals surface area contributed by atoms with E-state index in [9.17, 15) is 4.79 Å². The van der Waals surface area contributed by atoms with Crippen molar-refractivity contribution < 1.29 is 9.21 Å². The molecule has 4 nitrogen and oxygen atoms in total. The number of nitrogens with zero attached hydrogens (tertiary/aromatic N) is 2. The van der Waals surface area contributed by atoms with Crippen LogP contribution in [0.5, 0.6) is 0 Å². The standard InChI is InChI=1S/C18H22N2O2/c1-13(14-8-4-2-5-9-14)12-16(21)18-20-19-17(22-18)15-10-6-3-7-11-15/h3,6-7,10-11,13-14H,2,4-5,8-9,12H2,1H3/t13-/m0/s1. The molecule has 1 aliphatic rings. The van der Waals surface area contributed by atoms with Gasteiger partial charge in [-0.2, -0.15) is 0 Å². The Morgan fingerprint density at radius 2 is 1.91 bits per heavy atom. The Bertz CT molecular complexity index is 615. The van der Waals surface area contributed by atoms with Crippen molar-refractivity contribution in [3.05, 3.63) is 36.2 Å². The van der Waals surface area contributed by atoms with E-state index in [1.807, 2.05) is 30.3 Å². The van der Waals surface area contributed by atoms with Crippen LogP contribution in [0.4, 0.5) is 0 Å². The fourth-order valence-electron chi connectivity index (χ4n) is 3.28. The van der Waals surface area contributed by atoms with Crippen LogP contribution in [0.2, 0.25) is 0 Å². The predicted molar refractivity (Wildman–Crippen MR) is 84.4 cm³/mol. The third-order valence-electron chi connectivity index (χ3n) is 4.65. The second kappa shape index (κ2) is 6.86. The summed E-state index contributed by atoms with van der Waals surface area (Å²) in [6.45, 7) is 2.17. The molecule has 3 rings (SSSR count). The van der Waals surface area contributed by atoms with Crippen LogP contribution in [0.25, 0.3) is 11.5 Å². The molecule has 0 N–H and O–H groups in total. The number of rotatable bonds is 5. The van der Waals surface area contributed by atoms with E-state index in [0.717, 1.165) is 5.56 Å². The van der Waals surface area contributed by atoms with Crippen LogP contribution in [0.1, 0.15) is 56.1 Å². The molecule has 1 aromatic heterocycles. The van der Waals surface area contributed by atoms with E-state index in [1.54, 1.807) is 0 Å². The molecule has 1 aliphatic carbocycles. The zero-order valence-electron chi connectivity index (χ0n) is 13.0. The largest absolute Gasteiger partial charge is 0.414 e. The number of carbonyl (C=O) groups excluding carboxylic acids is 1.